The molecule has 0 bridgehead atoms. The van der Waals surface area contributed by atoms with E-state index in [0.29, 0.717) is 36.8 Å². The fourth-order valence-corrected chi connectivity index (χ4v) is 8.44. The second-order valence-electron chi connectivity index (χ2n) is 15.5. The number of pyridine rings is 1. The molecule has 1 atom stereocenters. The molecule has 0 aliphatic carbocycles. The summed E-state index contributed by atoms with van der Waals surface area (Å²) in [4.78, 5) is 33.7. The third-order valence-corrected chi connectivity index (χ3v) is 11.7. The quantitative estimate of drug-likeness (QED) is 0.337. The second kappa shape index (κ2) is 13.2. The van der Waals surface area contributed by atoms with Crippen LogP contribution in [-0.4, -0.2) is 84.3 Å². The predicted molar refractivity (Wildman–Crippen MR) is 193 cm³/mol. The van der Waals surface area contributed by atoms with Gasteiger partial charge in [0.25, 0.3) is 0 Å². The molecule has 3 aliphatic rings. The number of carboxylic acid groups (broad SMARTS) is 1. The Kier molecular flexibility index (Phi) is 9.42. The van der Waals surface area contributed by atoms with Crippen molar-refractivity contribution in [2.45, 2.75) is 86.0 Å². The average molecular weight is 691 g/mol. The Hall–Kier alpha value is -3.77. The van der Waals surface area contributed by atoms with Gasteiger partial charge in [0.05, 0.1) is 22.8 Å². The Labute approximate surface area is 290 Å². The van der Waals surface area contributed by atoms with Gasteiger partial charge in [-0.25, -0.2) is 18.2 Å². The topological polar surface area (TPSA) is 129 Å². The number of hydrogen-bond donors (Lipinski definition) is 1. The van der Waals surface area contributed by atoms with Crippen molar-refractivity contribution in [2.75, 3.05) is 58.9 Å². The number of carboxylic acids is 1. The molecule has 2 fully saturated rings. The number of sulfone groups is 1. The molecule has 0 radical (unpaired) electrons. The Bertz CT molecular complexity index is 1830. The summed E-state index contributed by atoms with van der Waals surface area (Å²) in [5, 5.41) is 10.5. The van der Waals surface area contributed by atoms with E-state index in [9.17, 15) is 18.3 Å². The summed E-state index contributed by atoms with van der Waals surface area (Å²) in [6.07, 6.45) is 3.42. The number of ether oxygens (including phenoxy) is 1. The minimum atomic E-state index is -3.00. The molecule has 11 nitrogen and oxygen atoms in total. The maximum Gasteiger partial charge on any atom is 0.337 e. The molecule has 1 N–H and O–H groups in total. The largest absolute Gasteiger partial charge is 0.479 e. The van der Waals surface area contributed by atoms with Gasteiger partial charge in [0.2, 0.25) is 5.95 Å². The highest BCUT2D eigenvalue weighted by Gasteiger charge is 2.37. The van der Waals surface area contributed by atoms with Crippen LogP contribution in [0.1, 0.15) is 81.6 Å². The number of hydrogen-bond acceptors (Lipinski definition) is 10. The summed E-state index contributed by atoms with van der Waals surface area (Å²) in [5.74, 6) is 0.614. The molecule has 5 heterocycles. The van der Waals surface area contributed by atoms with E-state index >= 15 is 0 Å². The third kappa shape index (κ3) is 7.70. The summed E-state index contributed by atoms with van der Waals surface area (Å²) in [7, 11) is -3.00. The van der Waals surface area contributed by atoms with Crippen molar-refractivity contribution in [3.05, 3.63) is 58.5 Å². The zero-order valence-electron chi connectivity index (χ0n) is 29.9. The van der Waals surface area contributed by atoms with Crippen LogP contribution in [0, 0.1) is 19.3 Å². The lowest BCUT2D eigenvalue weighted by Crippen LogP contribution is -2.41. The lowest BCUT2D eigenvalue weighted by Gasteiger charge is -2.41. The van der Waals surface area contributed by atoms with E-state index < -0.39 is 27.5 Å². The van der Waals surface area contributed by atoms with E-state index in [-0.39, 0.29) is 16.9 Å². The number of aryl methyl sites for hydroxylation is 2. The molecular formula is C37H50N6O5S. The Morgan fingerprint density at radius 1 is 0.918 bits per heavy atom. The number of piperidine rings is 1. The molecule has 264 valence electrons. The third-order valence-electron chi connectivity index (χ3n) is 10.1. The molecular weight excluding hydrogens is 641 g/mol. The van der Waals surface area contributed by atoms with Gasteiger partial charge >= 0.3 is 5.97 Å². The van der Waals surface area contributed by atoms with Crippen LogP contribution in [-0.2, 0) is 32.3 Å². The van der Waals surface area contributed by atoms with Gasteiger partial charge in [0.15, 0.2) is 15.9 Å². The standard InChI is InChI=1S/C37H50N6O5S/c1-24-30(32(41-16-12-37(6,7)13-17-41)31(25(2)39-24)33(34(44)45)48-36(3,4)5)27-8-9-28-23-43(15-11-26(28)22-27)29-10-14-38-35(40-29)42-18-20-49(46,47)21-19-42/h8-10,14,22,33H,11-13,15-21,23H2,1-7H3,(H,44,45)/t33-/m0/s1. The lowest BCUT2D eigenvalue weighted by atomic mass is 9.81. The van der Waals surface area contributed by atoms with Gasteiger partial charge < -0.3 is 24.5 Å². The molecule has 0 unspecified atom stereocenters. The molecule has 3 aromatic rings. The molecule has 49 heavy (non-hydrogen) atoms. The Morgan fingerprint density at radius 2 is 1.61 bits per heavy atom. The Balaban J connectivity index is 1.35. The van der Waals surface area contributed by atoms with Crippen molar-refractivity contribution in [2.24, 2.45) is 5.41 Å². The number of aromatic nitrogens is 3. The van der Waals surface area contributed by atoms with Crippen molar-refractivity contribution in [3.8, 4) is 11.1 Å². The average Bonchev–Trinajstić information content (AvgIpc) is 3.03. The van der Waals surface area contributed by atoms with Crippen LogP contribution >= 0.6 is 0 Å². The van der Waals surface area contributed by atoms with Gasteiger partial charge in [0, 0.05) is 68.0 Å². The minimum Gasteiger partial charge on any atom is -0.479 e. The first kappa shape index (κ1) is 35.1. The van der Waals surface area contributed by atoms with Crippen LogP contribution in [0.4, 0.5) is 17.5 Å². The van der Waals surface area contributed by atoms with Gasteiger partial charge in [0.1, 0.15) is 5.82 Å². The molecule has 2 saturated heterocycles. The normalized spacial score (nSPS) is 19.8. The van der Waals surface area contributed by atoms with Gasteiger partial charge in [-0.3, -0.25) is 4.98 Å². The number of rotatable bonds is 7. The summed E-state index contributed by atoms with van der Waals surface area (Å²) < 4.78 is 30.1. The molecule has 6 rings (SSSR count). The summed E-state index contributed by atoms with van der Waals surface area (Å²) in [5.41, 5.74) is 7.12. The number of carbonyl (C=O) groups is 1. The first-order valence-electron chi connectivity index (χ1n) is 17.3. The van der Waals surface area contributed by atoms with Crippen LogP contribution in [0.25, 0.3) is 11.1 Å². The fourth-order valence-electron chi connectivity index (χ4n) is 7.24. The number of anilines is 3. The van der Waals surface area contributed by atoms with Crippen LogP contribution in [0.3, 0.4) is 0 Å². The van der Waals surface area contributed by atoms with Gasteiger partial charge in [-0.15, -0.1) is 0 Å². The number of fused-ring (bicyclic) bond motifs is 1. The zero-order valence-corrected chi connectivity index (χ0v) is 30.7. The van der Waals surface area contributed by atoms with E-state index in [4.69, 9.17) is 14.7 Å². The number of aliphatic carboxylic acids is 1. The van der Waals surface area contributed by atoms with Crippen molar-refractivity contribution in [3.63, 3.8) is 0 Å². The summed E-state index contributed by atoms with van der Waals surface area (Å²) >= 11 is 0. The van der Waals surface area contributed by atoms with Crippen LogP contribution in [0.2, 0.25) is 0 Å². The minimum absolute atomic E-state index is 0.121. The highest BCUT2D eigenvalue weighted by atomic mass is 32.2. The van der Waals surface area contributed by atoms with Gasteiger partial charge in [-0.2, -0.15) is 4.98 Å². The lowest BCUT2D eigenvalue weighted by molar-refractivity contribution is -0.160. The summed E-state index contributed by atoms with van der Waals surface area (Å²) in [6, 6.07) is 8.49. The zero-order chi connectivity index (χ0) is 35.3. The maximum absolute atomic E-state index is 12.9. The van der Waals surface area contributed by atoms with Crippen LogP contribution in [0.15, 0.2) is 30.5 Å². The molecule has 1 aromatic carbocycles. The van der Waals surface area contributed by atoms with E-state index in [0.717, 1.165) is 67.2 Å². The van der Waals surface area contributed by atoms with E-state index in [1.807, 2.05) is 45.6 Å². The molecule has 0 spiro atoms. The van der Waals surface area contributed by atoms with E-state index in [2.05, 4.69) is 46.8 Å². The second-order valence-corrected chi connectivity index (χ2v) is 17.8. The molecule has 0 saturated carbocycles. The van der Waals surface area contributed by atoms with Crippen molar-refractivity contribution < 1.29 is 23.1 Å². The van der Waals surface area contributed by atoms with Crippen LogP contribution in [0.5, 0.6) is 0 Å². The van der Waals surface area contributed by atoms with E-state index in [1.54, 1.807) is 6.20 Å². The van der Waals surface area contributed by atoms with Crippen molar-refractivity contribution in [1.29, 1.82) is 0 Å². The molecule has 0 amide bonds. The highest BCUT2D eigenvalue weighted by molar-refractivity contribution is 7.91. The smallest absolute Gasteiger partial charge is 0.337 e. The monoisotopic (exact) mass is 690 g/mol. The first-order valence-corrected chi connectivity index (χ1v) is 19.1. The Morgan fingerprint density at radius 3 is 2.27 bits per heavy atom. The van der Waals surface area contributed by atoms with Gasteiger partial charge in [-0.1, -0.05) is 32.0 Å². The van der Waals surface area contributed by atoms with E-state index in [1.165, 1.54) is 11.1 Å². The highest BCUT2D eigenvalue weighted by Crippen LogP contribution is 2.45. The molecule has 12 heteroatoms. The molecule has 2 aromatic heterocycles. The summed E-state index contributed by atoms with van der Waals surface area (Å²) in [6.45, 7) is 18.1. The SMILES string of the molecule is Cc1nc(C)c([C@H](OC(C)(C)C)C(=O)O)c(N2CCC(C)(C)CC2)c1-c1ccc2c(c1)CCN(c1ccnc(N3CCS(=O)(=O)CC3)n1)C2. The molecule has 3 aliphatic heterocycles. The fraction of sp³-hybridized carbons (Fsp3) is 0.568. The predicted octanol–water partition coefficient (Wildman–Crippen LogP) is 5.52. The number of nitrogens with zero attached hydrogens (tertiary/aromatic N) is 6. The van der Waals surface area contributed by atoms with Crippen molar-refractivity contribution in [1.82, 2.24) is 15.0 Å². The van der Waals surface area contributed by atoms with Gasteiger partial charge in [-0.05, 0) is 82.1 Å². The maximum atomic E-state index is 12.9. The number of benzene rings is 1. The van der Waals surface area contributed by atoms with Crippen LogP contribution < -0.4 is 14.7 Å². The van der Waals surface area contributed by atoms with Crippen molar-refractivity contribution >= 4 is 33.3 Å². The first-order chi connectivity index (χ1) is 23.0.